The molecule has 0 aromatic rings. The lowest BCUT2D eigenvalue weighted by atomic mass is 9.88. The van der Waals surface area contributed by atoms with Crippen molar-refractivity contribution in [2.45, 2.75) is 37.8 Å². The first-order chi connectivity index (χ1) is 6.81. The maximum absolute atomic E-state index is 11.7. The molecule has 2 fully saturated rings. The van der Waals surface area contributed by atoms with E-state index in [1.807, 2.05) is 0 Å². The number of carbonyl (C=O) groups excluding carboxylic acids is 1. The van der Waals surface area contributed by atoms with Crippen LogP contribution in [0.25, 0.3) is 0 Å². The van der Waals surface area contributed by atoms with Gasteiger partial charge in [0.05, 0.1) is 5.92 Å². The van der Waals surface area contributed by atoms with Gasteiger partial charge in [0.2, 0.25) is 5.91 Å². The second-order valence-corrected chi connectivity index (χ2v) is 4.26. The number of hydrogen-bond acceptors (Lipinski definition) is 3. The van der Waals surface area contributed by atoms with Gasteiger partial charge in [0.25, 0.3) is 0 Å². The van der Waals surface area contributed by atoms with Crippen LogP contribution < -0.4 is 10.6 Å². The van der Waals surface area contributed by atoms with Crippen LogP contribution in [0.5, 0.6) is 0 Å². The zero-order chi connectivity index (χ0) is 9.97. The third kappa shape index (κ3) is 1.91. The Morgan fingerprint density at radius 3 is 2.93 bits per heavy atom. The first-order valence-corrected chi connectivity index (χ1v) is 5.46. The van der Waals surface area contributed by atoms with Crippen LogP contribution in [-0.4, -0.2) is 36.2 Å². The zero-order valence-electron chi connectivity index (χ0n) is 8.33. The monoisotopic (exact) mass is 198 g/mol. The number of hydrogen-bond donors (Lipinski definition) is 3. The highest BCUT2D eigenvalue weighted by atomic mass is 16.3. The van der Waals surface area contributed by atoms with Gasteiger partial charge in [-0.3, -0.25) is 4.79 Å². The van der Waals surface area contributed by atoms with Gasteiger partial charge in [0, 0.05) is 25.2 Å². The molecule has 1 amide bonds. The number of rotatable bonds is 4. The second kappa shape index (κ2) is 4.28. The molecule has 0 spiro atoms. The van der Waals surface area contributed by atoms with Gasteiger partial charge in [0.15, 0.2) is 0 Å². The van der Waals surface area contributed by atoms with E-state index < -0.39 is 0 Å². The maximum atomic E-state index is 11.7. The highest BCUT2D eigenvalue weighted by molar-refractivity contribution is 5.80. The van der Waals surface area contributed by atoms with Crippen molar-refractivity contribution in [2.24, 2.45) is 5.92 Å². The van der Waals surface area contributed by atoms with E-state index in [4.69, 9.17) is 5.11 Å². The van der Waals surface area contributed by atoms with Gasteiger partial charge in [-0.25, -0.2) is 0 Å². The Labute approximate surface area is 84.1 Å². The average molecular weight is 198 g/mol. The number of aliphatic hydroxyl groups excluding tert-OH is 1. The van der Waals surface area contributed by atoms with E-state index in [0.717, 1.165) is 12.8 Å². The molecule has 0 aromatic carbocycles. The summed E-state index contributed by atoms with van der Waals surface area (Å²) >= 11 is 0. The summed E-state index contributed by atoms with van der Waals surface area (Å²) in [7, 11) is 0. The highest BCUT2D eigenvalue weighted by Gasteiger charge is 2.42. The summed E-state index contributed by atoms with van der Waals surface area (Å²) in [6.07, 6.45) is 4.02. The second-order valence-electron chi connectivity index (χ2n) is 4.26. The van der Waals surface area contributed by atoms with E-state index in [0.29, 0.717) is 25.0 Å². The largest absolute Gasteiger partial charge is 0.396 e. The van der Waals surface area contributed by atoms with Crippen molar-refractivity contribution in [2.75, 3.05) is 13.2 Å². The van der Waals surface area contributed by atoms with Crippen molar-refractivity contribution in [3.05, 3.63) is 0 Å². The topological polar surface area (TPSA) is 61.4 Å². The standard InChI is InChI=1S/C10H18N2O2/c13-5-1-4-11-10(14)8-6-7-2-3-9(8)12-7/h7-9,12-13H,1-6H2,(H,11,14). The Kier molecular flexibility index (Phi) is 3.03. The number of nitrogens with one attached hydrogen (secondary N) is 2. The van der Waals surface area contributed by atoms with Crippen molar-refractivity contribution in [1.82, 2.24) is 10.6 Å². The summed E-state index contributed by atoms with van der Waals surface area (Å²) in [5.41, 5.74) is 0. The number of aliphatic hydroxyl groups is 1. The molecule has 0 saturated carbocycles. The third-order valence-corrected chi connectivity index (χ3v) is 3.27. The van der Waals surface area contributed by atoms with Crippen molar-refractivity contribution >= 4 is 5.91 Å². The molecule has 2 saturated heterocycles. The minimum absolute atomic E-state index is 0.148. The Morgan fingerprint density at radius 1 is 1.50 bits per heavy atom. The first kappa shape index (κ1) is 9.93. The number of fused-ring (bicyclic) bond motifs is 2. The summed E-state index contributed by atoms with van der Waals surface area (Å²) < 4.78 is 0. The Balaban J connectivity index is 1.75. The Bertz CT molecular complexity index is 220. The molecular weight excluding hydrogens is 180 g/mol. The van der Waals surface area contributed by atoms with Crippen molar-refractivity contribution in [3.8, 4) is 0 Å². The van der Waals surface area contributed by atoms with E-state index in [1.54, 1.807) is 0 Å². The molecule has 2 rings (SSSR count). The Hall–Kier alpha value is -0.610. The molecule has 3 atom stereocenters. The fourth-order valence-corrected chi connectivity index (χ4v) is 2.54. The molecule has 3 unspecified atom stereocenters. The van der Waals surface area contributed by atoms with Crippen LogP contribution in [0.15, 0.2) is 0 Å². The van der Waals surface area contributed by atoms with Crippen LogP contribution in [0, 0.1) is 5.92 Å². The molecule has 0 aromatic heterocycles. The molecule has 0 radical (unpaired) electrons. The van der Waals surface area contributed by atoms with Gasteiger partial charge in [-0.1, -0.05) is 0 Å². The summed E-state index contributed by atoms with van der Waals surface area (Å²) in [5.74, 6) is 0.339. The zero-order valence-corrected chi connectivity index (χ0v) is 8.33. The molecule has 4 heteroatoms. The van der Waals surface area contributed by atoms with Crippen LogP contribution >= 0.6 is 0 Å². The van der Waals surface area contributed by atoms with Gasteiger partial charge in [-0.2, -0.15) is 0 Å². The van der Waals surface area contributed by atoms with E-state index in [2.05, 4.69) is 10.6 Å². The van der Waals surface area contributed by atoms with E-state index in [1.165, 1.54) is 6.42 Å². The van der Waals surface area contributed by atoms with Gasteiger partial charge in [-0.05, 0) is 25.7 Å². The normalized spacial score (nSPS) is 34.8. The SMILES string of the molecule is O=C(NCCCO)C1CC2CCC1N2. The summed E-state index contributed by atoms with van der Waals surface area (Å²) in [6.45, 7) is 0.748. The van der Waals surface area contributed by atoms with E-state index in [-0.39, 0.29) is 18.4 Å². The number of carbonyl (C=O) groups is 1. The molecule has 80 valence electrons. The molecule has 2 aliphatic rings. The Morgan fingerprint density at radius 2 is 2.36 bits per heavy atom. The van der Waals surface area contributed by atoms with E-state index in [9.17, 15) is 4.79 Å². The minimum Gasteiger partial charge on any atom is -0.396 e. The smallest absolute Gasteiger partial charge is 0.224 e. The molecule has 2 heterocycles. The molecule has 2 aliphatic heterocycles. The minimum atomic E-state index is 0.148. The van der Waals surface area contributed by atoms with Gasteiger partial charge < -0.3 is 15.7 Å². The summed E-state index contributed by atoms with van der Waals surface area (Å²) in [6, 6.07) is 0.989. The fraction of sp³-hybridized carbons (Fsp3) is 0.900. The summed E-state index contributed by atoms with van der Waals surface area (Å²) in [5, 5.41) is 14.9. The number of amides is 1. The molecule has 4 nitrogen and oxygen atoms in total. The quantitative estimate of drug-likeness (QED) is 0.540. The average Bonchev–Trinajstić information content (AvgIpc) is 2.79. The van der Waals surface area contributed by atoms with Crippen LogP contribution in [0.1, 0.15) is 25.7 Å². The molecular formula is C10H18N2O2. The van der Waals surface area contributed by atoms with Crippen molar-refractivity contribution in [1.29, 1.82) is 0 Å². The van der Waals surface area contributed by atoms with Crippen LogP contribution in [0.3, 0.4) is 0 Å². The molecule has 2 bridgehead atoms. The maximum Gasteiger partial charge on any atom is 0.224 e. The van der Waals surface area contributed by atoms with Gasteiger partial charge in [-0.15, -0.1) is 0 Å². The lowest BCUT2D eigenvalue weighted by molar-refractivity contribution is -0.125. The third-order valence-electron chi connectivity index (χ3n) is 3.27. The summed E-state index contributed by atoms with van der Waals surface area (Å²) in [4.78, 5) is 11.7. The predicted octanol–water partition coefficient (Wildman–Crippen LogP) is -0.375. The van der Waals surface area contributed by atoms with E-state index >= 15 is 0 Å². The van der Waals surface area contributed by atoms with Crippen molar-refractivity contribution < 1.29 is 9.90 Å². The lowest BCUT2D eigenvalue weighted by Crippen LogP contribution is -2.38. The molecule has 14 heavy (non-hydrogen) atoms. The highest BCUT2D eigenvalue weighted by Crippen LogP contribution is 2.33. The lowest BCUT2D eigenvalue weighted by Gasteiger charge is -2.19. The molecule has 0 aliphatic carbocycles. The van der Waals surface area contributed by atoms with Gasteiger partial charge in [0.1, 0.15) is 0 Å². The first-order valence-electron chi connectivity index (χ1n) is 5.46. The van der Waals surface area contributed by atoms with Crippen molar-refractivity contribution in [3.63, 3.8) is 0 Å². The molecule has 3 N–H and O–H groups in total. The van der Waals surface area contributed by atoms with Gasteiger partial charge >= 0.3 is 0 Å². The van der Waals surface area contributed by atoms with Crippen LogP contribution in [-0.2, 0) is 4.79 Å². The fourth-order valence-electron chi connectivity index (χ4n) is 2.54. The van der Waals surface area contributed by atoms with Crippen LogP contribution in [0.2, 0.25) is 0 Å². The predicted molar refractivity (Wildman–Crippen MR) is 52.8 cm³/mol. The van der Waals surface area contributed by atoms with Crippen LogP contribution in [0.4, 0.5) is 0 Å².